The first-order valence-electron chi connectivity index (χ1n) is 7.53. The molecule has 0 saturated heterocycles. The third kappa shape index (κ3) is 4.42. The van der Waals surface area contributed by atoms with Crippen molar-refractivity contribution in [3.05, 3.63) is 5.01 Å². The molecule has 1 aliphatic carbocycles. The summed E-state index contributed by atoms with van der Waals surface area (Å²) >= 11 is 1.58. The van der Waals surface area contributed by atoms with Crippen LogP contribution in [0.3, 0.4) is 0 Å². The van der Waals surface area contributed by atoms with E-state index in [4.69, 9.17) is 4.74 Å². The van der Waals surface area contributed by atoms with Gasteiger partial charge in [-0.15, -0.1) is 5.10 Å². The van der Waals surface area contributed by atoms with Gasteiger partial charge in [0.05, 0.1) is 0 Å². The van der Waals surface area contributed by atoms with Crippen molar-refractivity contribution < 1.29 is 4.74 Å². The van der Waals surface area contributed by atoms with Gasteiger partial charge in [-0.1, -0.05) is 36.7 Å². The van der Waals surface area contributed by atoms with Gasteiger partial charge in [0, 0.05) is 6.54 Å². The Hall–Kier alpha value is -0.680. The van der Waals surface area contributed by atoms with E-state index in [0.29, 0.717) is 12.0 Å². The maximum absolute atomic E-state index is 6.06. The highest BCUT2D eigenvalue weighted by Crippen LogP contribution is 2.31. The number of ether oxygens (including phenoxy) is 1. The Morgan fingerprint density at radius 2 is 2.11 bits per heavy atom. The summed E-state index contributed by atoms with van der Waals surface area (Å²) in [6, 6.07) is 0. The molecule has 2 rings (SSSR count). The molecule has 1 fully saturated rings. The Morgan fingerprint density at radius 1 is 1.26 bits per heavy atom. The molecule has 1 heterocycles. The minimum Gasteiger partial charge on any atom is -0.465 e. The molecule has 0 amide bonds. The average Bonchev–Trinajstić information content (AvgIpc) is 2.87. The van der Waals surface area contributed by atoms with Gasteiger partial charge >= 0.3 is 0 Å². The van der Waals surface area contributed by atoms with Gasteiger partial charge in [-0.3, -0.25) is 0 Å². The van der Waals surface area contributed by atoms with E-state index in [0.717, 1.165) is 29.7 Å². The third-order valence-electron chi connectivity index (χ3n) is 3.77. The van der Waals surface area contributed by atoms with E-state index in [1.807, 2.05) is 0 Å². The first-order chi connectivity index (χ1) is 9.33. The second-order valence-corrected chi connectivity index (χ2v) is 6.27. The Morgan fingerprint density at radius 3 is 2.89 bits per heavy atom. The van der Waals surface area contributed by atoms with E-state index in [1.54, 1.807) is 11.3 Å². The van der Waals surface area contributed by atoms with Crippen LogP contribution in [0.4, 0.5) is 0 Å². The van der Waals surface area contributed by atoms with Crippen molar-refractivity contribution in [3.8, 4) is 5.19 Å². The van der Waals surface area contributed by atoms with Gasteiger partial charge in [-0.05, 0) is 44.6 Å². The van der Waals surface area contributed by atoms with Crippen LogP contribution in [0.15, 0.2) is 0 Å². The zero-order valence-corrected chi connectivity index (χ0v) is 12.8. The molecule has 2 atom stereocenters. The number of nitrogens with zero attached hydrogens (tertiary/aromatic N) is 2. The lowest BCUT2D eigenvalue weighted by atomic mass is 9.85. The maximum atomic E-state index is 6.06. The van der Waals surface area contributed by atoms with Crippen molar-refractivity contribution in [1.82, 2.24) is 15.5 Å². The Balaban J connectivity index is 1.84. The zero-order chi connectivity index (χ0) is 13.5. The molecular formula is C14H25N3OS. The largest absolute Gasteiger partial charge is 0.465 e. The summed E-state index contributed by atoms with van der Waals surface area (Å²) in [7, 11) is 0. The van der Waals surface area contributed by atoms with Crippen LogP contribution in [0.1, 0.15) is 57.4 Å². The molecule has 19 heavy (non-hydrogen) atoms. The van der Waals surface area contributed by atoms with Gasteiger partial charge in [0.1, 0.15) is 11.1 Å². The third-order valence-corrected chi connectivity index (χ3v) is 4.58. The van der Waals surface area contributed by atoms with Crippen LogP contribution in [0, 0.1) is 5.92 Å². The standard InChI is InChI=1S/C14H25N3OS/c1-3-9-15-10-13-16-17-14(19-13)18-12-8-6-5-7-11(12)4-2/h11-12,15H,3-10H2,1-2H3. The Bertz CT molecular complexity index is 369. The minimum absolute atomic E-state index is 0.350. The normalized spacial score (nSPS) is 23.5. The summed E-state index contributed by atoms with van der Waals surface area (Å²) in [5.74, 6) is 0.694. The van der Waals surface area contributed by atoms with Crippen LogP contribution in [0.25, 0.3) is 0 Å². The predicted octanol–water partition coefficient (Wildman–Crippen LogP) is 3.39. The lowest BCUT2D eigenvalue weighted by molar-refractivity contribution is 0.0893. The average molecular weight is 283 g/mol. The van der Waals surface area contributed by atoms with Crippen LogP contribution >= 0.6 is 11.3 Å². The molecular weight excluding hydrogens is 258 g/mol. The topological polar surface area (TPSA) is 47.0 Å². The highest BCUT2D eigenvalue weighted by molar-refractivity contribution is 7.13. The molecule has 1 N–H and O–H groups in total. The van der Waals surface area contributed by atoms with Gasteiger partial charge in [-0.2, -0.15) is 0 Å². The predicted molar refractivity (Wildman–Crippen MR) is 78.6 cm³/mol. The first kappa shape index (κ1) is 14.7. The summed E-state index contributed by atoms with van der Waals surface area (Å²) in [4.78, 5) is 0. The van der Waals surface area contributed by atoms with E-state index >= 15 is 0 Å². The van der Waals surface area contributed by atoms with Gasteiger partial charge in [-0.25, -0.2) is 0 Å². The van der Waals surface area contributed by atoms with Gasteiger partial charge in [0.2, 0.25) is 0 Å². The molecule has 4 nitrogen and oxygen atoms in total. The molecule has 1 aromatic heterocycles. The molecule has 1 saturated carbocycles. The molecule has 0 aliphatic heterocycles. The van der Waals surface area contributed by atoms with Crippen molar-refractivity contribution >= 4 is 11.3 Å². The second-order valence-electron chi connectivity index (χ2n) is 5.25. The van der Waals surface area contributed by atoms with E-state index in [2.05, 4.69) is 29.4 Å². The lowest BCUT2D eigenvalue weighted by Crippen LogP contribution is -2.29. The van der Waals surface area contributed by atoms with E-state index < -0.39 is 0 Å². The fraction of sp³-hybridized carbons (Fsp3) is 0.857. The van der Waals surface area contributed by atoms with Crippen LogP contribution in [-0.2, 0) is 6.54 Å². The highest BCUT2D eigenvalue weighted by Gasteiger charge is 2.26. The van der Waals surface area contributed by atoms with Gasteiger partial charge < -0.3 is 10.1 Å². The van der Waals surface area contributed by atoms with Crippen molar-refractivity contribution in [2.45, 2.75) is 65.0 Å². The minimum atomic E-state index is 0.350. The van der Waals surface area contributed by atoms with Crippen LogP contribution in [0.2, 0.25) is 0 Å². The summed E-state index contributed by atoms with van der Waals surface area (Å²) < 4.78 is 6.06. The zero-order valence-electron chi connectivity index (χ0n) is 12.0. The smallest absolute Gasteiger partial charge is 0.294 e. The lowest BCUT2D eigenvalue weighted by Gasteiger charge is -2.29. The summed E-state index contributed by atoms with van der Waals surface area (Å²) in [5, 5.41) is 13.5. The van der Waals surface area contributed by atoms with Gasteiger partial charge in [0.15, 0.2) is 0 Å². The fourth-order valence-corrected chi connectivity index (χ4v) is 3.37. The number of aromatic nitrogens is 2. The monoisotopic (exact) mass is 283 g/mol. The summed E-state index contributed by atoms with van der Waals surface area (Å²) in [5.41, 5.74) is 0. The second kappa shape index (κ2) is 7.80. The quantitative estimate of drug-likeness (QED) is 0.779. The molecule has 1 aromatic rings. The molecule has 1 aliphatic rings. The van der Waals surface area contributed by atoms with E-state index in [9.17, 15) is 0 Å². The van der Waals surface area contributed by atoms with Crippen molar-refractivity contribution in [1.29, 1.82) is 0 Å². The highest BCUT2D eigenvalue weighted by atomic mass is 32.1. The van der Waals surface area contributed by atoms with Crippen LogP contribution < -0.4 is 10.1 Å². The van der Waals surface area contributed by atoms with Crippen molar-refractivity contribution in [2.75, 3.05) is 6.54 Å². The number of rotatable bonds is 7. The Labute approximate surface area is 120 Å². The Kier molecular flexibility index (Phi) is 6.04. The maximum Gasteiger partial charge on any atom is 0.294 e. The molecule has 0 spiro atoms. The fourth-order valence-electron chi connectivity index (χ4n) is 2.65. The van der Waals surface area contributed by atoms with Crippen molar-refractivity contribution in [3.63, 3.8) is 0 Å². The van der Waals surface area contributed by atoms with Crippen LogP contribution in [0.5, 0.6) is 5.19 Å². The molecule has 0 radical (unpaired) electrons. The summed E-state index contributed by atoms with van der Waals surface area (Å²) in [6.07, 6.45) is 7.79. The molecule has 0 bridgehead atoms. The first-order valence-corrected chi connectivity index (χ1v) is 8.34. The van der Waals surface area contributed by atoms with Crippen molar-refractivity contribution in [2.24, 2.45) is 5.92 Å². The molecule has 2 unspecified atom stereocenters. The van der Waals surface area contributed by atoms with Crippen LogP contribution in [-0.4, -0.2) is 22.8 Å². The molecule has 108 valence electrons. The molecule has 0 aromatic carbocycles. The number of nitrogens with one attached hydrogen (secondary N) is 1. The van der Waals surface area contributed by atoms with E-state index in [1.165, 1.54) is 32.1 Å². The molecule has 5 heteroatoms. The SMILES string of the molecule is CCCNCc1nnc(OC2CCCCC2CC)s1. The summed E-state index contributed by atoms with van der Waals surface area (Å²) in [6.45, 7) is 6.25. The van der Waals surface area contributed by atoms with Gasteiger partial charge in [0.25, 0.3) is 5.19 Å². The number of hydrogen-bond donors (Lipinski definition) is 1. The van der Waals surface area contributed by atoms with E-state index in [-0.39, 0.29) is 0 Å². The number of hydrogen-bond acceptors (Lipinski definition) is 5.